The number of nitrogens with zero attached hydrogens (tertiary/aromatic N) is 1. The Balaban J connectivity index is 0.00000161. The summed E-state index contributed by atoms with van der Waals surface area (Å²) in [4.78, 5) is 2.14. The Morgan fingerprint density at radius 3 is 2.48 bits per heavy atom. The van der Waals surface area contributed by atoms with Gasteiger partial charge in [0.05, 0.1) is 0 Å². The number of likely N-dealkylation sites (N-methyl/N-ethyl adjacent to an activating group) is 1. The van der Waals surface area contributed by atoms with E-state index in [2.05, 4.69) is 4.90 Å². The maximum atomic E-state index is 10.0. The van der Waals surface area contributed by atoms with E-state index in [1.165, 1.54) is 6.07 Å². The molecule has 1 heterocycles. The molecular formula is C16H18BrNO3. The lowest BCUT2D eigenvalue weighted by Crippen LogP contribution is -2.30. The molecule has 0 bridgehead atoms. The molecule has 1 unspecified atom stereocenters. The summed E-state index contributed by atoms with van der Waals surface area (Å²) in [6, 6.07) is 10.5. The number of phenolic OH excluding ortho intramolecular Hbond substituents is 3. The molecule has 1 atom stereocenters. The van der Waals surface area contributed by atoms with Gasteiger partial charge in [-0.2, -0.15) is 0 Å². The molecule has 0 aromatic heterocycles. The van der Waals surface area contributed by atoms with Gasteiger partial charge in [-0.1, -0.05) is 18.2 Å². The molecule has 0 amide bonds. The minimum absolute atomic E-state index is 0. The summed E-state index contributed by atoms with van der Waals surface area (Å²) in [5.74, 6) is 0.149. The lowest BCUT2D eigenvalue weighted by atomic mass is 9.84. The third-order valence-electron chi connectivity index (χ3n) is 3.89. The van der Waals surface area contributed by atoms with Crippen LogP contribution in [0.25, 0.3) is 0 Å². The van der Waals surface area contributed by atoms with E-state index in [1.54, 1.807) is 12.1 Å². The summed E-state index contributed by atoms with van der Waals surface area (Å²) in [5.41, 5.74) is 2.94. The van der Waals surface area contributed by atoms with E-state index < -0.39 is 0 Å². The van der Waals surface area contributed by atoms with Gasteiger partial charge in [-0.15, -0.1) is 17.0 Å². The number of fused-ring (bicyclic) bond motifs is 1. The second-order valence-electron chi connectivity index (χ2n) is 5.34. The van der Waals surface area contributed by atoms with E-state index >= 15 is 0 Å². The van der Waals surface area contributed by atoms with Crippen molar-refractivity contribution in [3.8, 4) is 17.2 Å². The third-order valence-corrected chi connectivity index (χ3v) is 3.89. The Morgan fingerprint density at radius 2 is 1.76 bits per heavy atom. The molecule has 0 radical (unpaired) electrons. The van der Waals surface area contributed by atoms with Gasteiger partial charge in [0.1, 0.15) is 5.75 Å². The van der Waals surface area contributed by atoms with E-state index in [0.717, 1.165) is 23.2 Å². The average molecular weight is 352 g/mol. The number of hydrogen-bond acceptors (Lipinski definition) is 4. The molecule has 2 aromatic rings. The lowest BCUT2D eigenvalue weighted by Gasteiger charge is -2.33. The molecule has 4 nitrogen and oxygen atoms in total. The van der Waals surface area contributed by atoms with Gasteiger partial charge in [0, 0.05) is 24.6 Å². The lowest BCUT2D eigenvalue weighted by molar-refractivity contribution is 0.287. The van der Waals surface area contributed by atoms with Crippen LogP contribution in [0.4, 0.5) is 0 Å². The molecule has 0 aliphatic carbocycles. The molecule has 0 saturated heterocycles. The number of rotatable bonds is 1. The Labute approximate surface area is 134 Å². The summed E-state index contributed by atoms with van der Waals surface area (Å²) in [6.45, 7) is 1.52. The van der Waals surface area contributed by atoms with Gasteiger partial charge < -0.3 is 20.2 Å². The Kier molecular flexibility index (Phi) is 4.44. The van der Waals surface area contributed by atoms with Crippen molar-refractivity contribution in [1.29, 1.82) is 0 Å². The summed E-state index contributed by atoms with van der Waals surface area (Å²) < 4.78 is 0. The van der Waals surface area contributed by atoms with Gasteiger partial charge in [-0.25, -0.2) is 0 Å². The van der Waals surface area contributed by atoms with E-state index in [-0.39, 0.29) is 34.4 Å². The summed E-state index contributed by atoms with van der Waals surface area (Å²) in [7, 11) is 2.00. The highest BCUT2D eigenvalue weighted by atomic mass is 79.9. The quantitative estimate of drug-likeness (QED) is 0.691. The molecule has 3 N–H and O–H groups in total. The van der Waals surface area contributed by atoms with E-state index in [4.69, 9.17) is 0 Å². The fourth-order valence-corrected chi connectivity index (χ4v) is 2.88. The molecule has 2 aromatic carbocycles. The van der Waals surface area contributed by atoms with Crippen LogP contribution < -0.4 is 0 Å². The van der Waals surface area contributed by atoms with Gasteiger partial charge in [0.15, 0.2) is 11.5 Å². The predicted molar refractivity (Wildman–Crippen MR) is 86.4 cm³/mol. The van der Waals surface area contributed by atoms with E-state index in [0.29, 0.717) is 12.3 Å². The van der Waals surface area contributed by atoms with Crippen LogP contribution in [0, 0.1) is 0 Å². The minimum atomic E-state index is -0.117. The predicted octanol–water partition coefficient (Wildman–Crippen LogP) is 2.96. The number of benzene rings is 2. The molecular weight excluding hydrogens is 334 g/mol. The zero-order valence-corrected chi connectivity index (χ0v) is 13.4. The van der Waals surface area contributed by atoms with Gasteiger partial charge in [-0.3, -0.25) is 0 Å². The van der Waals surface area contributed by atoms with Crippen molar-refractivity contribution in [2.24, 2.45) is 0 Å². The zero-order valence-electron chi connectivity index (χ0n) is 11.7. The van der Waals surface area contributed by atoms with Crippen LogP contribution in [0.2, 0.25) is 0 Å². The third kappa shape index (κ3) is 2.84. The normalized spacial score (nSPS) is 17.9. The van der Waals surface area contributed by atoms with Crippen molar-refractivity contribution >= 4 is 17.0 Å². The number of hydrogen-bond donors (Lipinski definition) is 3. The molecule has 0 fully saturated rings. The highest BCUT2D eigenvalue weighted by molar-refractivity contribution is 8.93. The standard InChI is InChI=1S/C16H17NO3.BrH/c1-17-8-12(10-5-6-15(19)16(20)7-10)11-3-2-4-14(18)13(11)9-17;/h2-7,12,18-20H,8-9H2,1H3;1H. The van der Waals surface area contributed by atoms with Crippen LogP contribution in [-0.4, -0.2) is 33.8 Å². The monoisotopic (exact) mass is 351 g/mol. The van der Waals surface area contributed by atoms with E-state index in [1.807, 2.05) is 25.2 Å². The first-order valence-electron chi connectivity index (χ1n) is 6.57. The summed E-state index contributed by atoms with van der Waals surface area (Å²) in [6.07, 6.45) is 0. The molecule has 0 saturated carbocycles. The van der Waals surface area contributed by atoms with Crippen LogP contribution in [0.3, 0.4) is 0 Å². The van der Waals surface area contributed by atoms with Crippen molar-refractivity contribution < 1.29 is 15.3 Å². The van der Waals surface area contributed by atoms with Crippen molar-refractivity contribution in [3.05, 3.63) is 53.1 Å². The highest BCUT2D eigenvalue weighted by Crippen LogP contribution is 2.38. The molecule has 0 spiro atoms. The van der Waals surface area contributed by atoms with Crippen molar-refractivity contribution in [2.75, 3.05) is 13.6 Å². The molecule has 1 aliphatic heterocycles. The molecule has 5 heteroatoms. The van der Waals surface area contributed by atoms with Crippen LogP contribution in [0.5, 0.6) is 17.2 Å². The van der Waals surface area contributed by atoms with Crippen molar-refractivity contribution in [2.45, 2.75) is 12.5 Å². The van der Waals surface area contributed by atoms with E-state index in [9.17, 15) is 15.3 Å². The van der Waals surface area contributed by atoms with Crippen LogP contribution in [0.15, 0.2) is 36.4 Å². The largest absolute Gasteiger partial charge is 0.508 e. The Bertz CT molecular complexity index is 660. The first-order chi connectivity index (χ1) is 9.56. The van der Waals surface area contributed by atoms with Gasteiger partial charge in [-0.05, 0) is 36.4 Å². The summed E-state index contributed by atoms with van der Waals surface area (Å²) in [5, 5.41) is 29.1. The summed E-state index contributed by atoms with van der Waals surface area (Å²) >= 11 is 0. The maximum Gasteiger partial charge on any atom is 0.157 e. The highest BCUT2D eigenvalue weighted by Gasteiger charge is 2.26. The number of aromatic hydroxyl groups is 3. The van der Waals surface area contributed by atoms with Gasteiger partial charge >= 0.3 is 0 Å². The van der Waals surface area contributed by atoms with Crippen molar-refractivity contribution in [3.63, 3.8) is 0 Å². The molecule has 1 aliphatic rings. The number of phenols is 3. The van der Waals surface area contributed by atoms with Gasteiger partial charge in [0.25, 0.3) is 0 Å². The van der Waals surface area contributed by atoms with Crippen molar-refractivity contribution in [1.82, 2.24) is 4.90 Å². The Hall–Kier alpha value is -1.72. The minimum Gasteiger partial charge on any atom is -0.508 e. The first kappa shape index (κ1) is 15.7. The Morgan fingerprint density at radius 1 is 1.00 bits per heavy atom. The zero-order chi connectivity index (χ0) is 14.3. The smallest absolute Gasteiger partial charge is 0.157 e. The van der Waals surface area contributed by atoms with Crippen LogP contribution in [-0.2, 0) is 6.54 Å². The van der Waals surface area contributed by atoms with Crippen LogP contribution in [0.1, 0.15) is 22.6 Å². The molecule has 112 valence electrons. The average Bonchev–Trinajstić information content (AvgIpc) is 2.42. The topological polar surface area (TPSA) is 63.9 Å². The van der Waals surface area contributed by atoms with Crippen LogP contribution >= 0.6 is 17.0 Å². The SMILES string of the molecule is Br.CN1Cc2c(O)cccc2C(c2ccc(O)c(O)c2)C1. The second-order valence-corrected chi connectivity index (χ2v) is 5.34. The fourth-order valence-electron chi connectivity index (χ4n) is 2.88. The second kappa shape index (κ2) is 5.95. The fraction of sp³-hybridized carbons (Fsp3) is 0.250. The molecule has 3 rings (SSSR count). The first-order valence-corrected chi connectivity index (χ1v) is 6.57. The number of halogens is 1. The van der Waals surface area contributed by atoms with Gasteiger partial charge in [0.2, 0.25) is 0 Å². The maximum absolute atomic E-state index is 10.0. The molecule has 21 heavy (non-hydrogen) atoms.